The first-order valence-electron chi connectivity index (χ1n) is 6.86. The molecular formula is C18H16N2. The van der Waals surface area contributed by atoms with E-state index < -0.39 is 0 Å². The van der Waals surface area contributed by atoms with Gasteiger partial charge in [0.05, 0.1) is 0 Å². The summed E-state index contributed by atoms with van der Waals surface area (Å²) in [4.78, 5) is 2.20. The lowest BCUT2D eigenvalue weighted by Gasteiger charge is -2.35. The topological polar surface area (TPSA) is 29.3 Å². The van der Waals surface area contributed by atoms with Crippen LogP contribution in [0.25, 0.3) is 5.57 Å². The molecule has 2 nitrogen and oxygen atoms in total. The number of hydrogen-bond donors (Lipinski definition) is 1. The number of para-hydroxylation sites is 1. The second-order valence-electron chi connectivity index (χ2n) is 5.40. The van der Waals surface area contributed by atoms with Gasteiger partial charge in [0.2, 0.25) is 0 Å². The molecule has 0 fully saturated rings. The molecule has 0 spiro atoms. The van der Waals surface area contributed by atoms with Crippen LogP contribution in [0.4, 0.5) is 5.69 Å². The van der Waals surface area contributed by atoms with Gasteiger partial charge in [-0.2, -0.15) is 0 Å². The molecule has 2 N–H and O–H groups in total. The summed E-state index contributed by atoms with van der Waals surface area (Å²) in [5, 5.41) is 0. The van der Waals surface area contributed by atoms with Gasteiger partial charge in [-0.25, -0.2) is 0 Å². The number of hydrogen-bond acceptors (Lipinski definition) is 2. The van der Waals surface area contributed by atoms with Gasteiger partial charge in [0.1, 0.15) is 0 Å². The second-order valence-corrected chi connectivity index (χ2v) is 5.40. The highest BCUT2D eigenvalue weighted by Gasteiger charge is 2.30. The highest BCUT2D eigenvalue weighted by Crippen LogP contribution is 2.45. The van der Waals surface area contributed by atoms with E-state index >= 15 is 0 Å². The Labute approximate surface area is 118 Å². The summed E-state index contributed by atoms with van der Waals surface area (Å²) in [5.74, 6) is 0.274. The van der Waals surface area contributed by atoms with E-state index in [4.69, 9.17) is 5.73 Å². The Bertz CT molecular complexity index is 744. The molecule has 2 aliphatic carbocycles. The molecule has 3 aliphatic rings. The first-order valence-corrected chi connectivity index (χ1v) is 6.86. The maximum atomic E-state index is 6.27. The van der Waals surface area contributed by atoms with E-state index in [1.54, 1.807) is 0 Å². The van der Waals surface area contributed by atoms with Crippen LogP contribution in [-0.2, 0) is 0 Å². The van der Waals surface area contributed by atoms with E-state index in [0.29, 0.717) is 0 Å². The summed E-state index contributed by atoms with van der Waals surface area (Å²) >= 11 is 0. The van der Waals surface area contributed by atoms with Gasteiger partial charge in [-0.15, -0.1) is 0 Å². The number of nitrogens with two attached hydrogens (primary N) is 1. The largest absolute Gasteiger partial charge is 0.398 e. The zero-order chi connectivity index (χ0) is 13.7. The second kappa shape index (κ2) is 4.01. The van der Waals surface area contributed by atoms with Gasteiger partial charge in [0.15, 0.2) is 0 Å². The predicted molar refractivity (Wildman–Crippen MR) is 83.9 cm³/mol. The predicted octanol–water partition coefficient (Wildman–Crippen LogP) is 3.37. The molecule has 1 aliphatic heterocycles. The quantitative estimate of drug-likeness (QED) is 0.775. The van der Waals surface area contributed by atoms with Gasteiger partial charge in [0, 0.05) is 36.1 Å². The first-order chi connectivity index (χ1) is 9.75. The maximum Gasteiger partial charge on any atom is 0.0483 e. The molecule has 1 heterocycles. The Balaban J connectivity index is 1.98. The van der Waals surface area contributed by atoms with Gasteiger partial charge in [-0.1, -0.05) is 42.5 Å². The minimum atomic E-state index is 0.274. The lowest BCUT2D eigenvalue weighted by atomic mass is 9.75. The van der Waals surface area contributed by atoms with Crippen molar-refractivity contribution in [3.8, 4) is 0 Å². The van der Waals surface area contributed by atoms with Crippen LogP contribution in [0.1, 0.15) is 5.56 Å². The van der Waals surface area contributed by atoms with Crippen LogP contribution in [0.3, 0.4) is 0 Å². The van der Waals surface area contributed by atoms with Crippen LogP contribution >= 0.6 is 0 Å². The summed E-state index contributed by atoms with van der Waals surface area (Å²) < 4.78 is 0. The Hall–Kier alpha value is -2.48. The molecule has 1 atom stereocenters. The molecule has 0 amide bonds. The minimum Gasteiger partial charge on any atom is -0.398 e. The van der Waals surface area contributed by atoms with Crippen LogP contribution in [0.15, 0.2) is 77.7 Å². The fraction of sp³-hybridized carbons (Fsp3) is 0.111. The molecule has 98 valence electrons. The standard InChI is InChI=1S/C18H16N2/c1-20-11-16-12-6-2-3-7-13(12)17(19)10-15(16)14-8-4-5-9-18(14)20/h2-12H,19H2,1H3. The first kappa shape index (κ1) is 11.4. The smallest absolute Gasteiger partial charge is 0.0483 e. The molecule has 0 saturated heterocycles. The molecule has 0 saturated carbocycles. The van der Waals surface area contributed by atoms with Gasteiger partial charge in [-0.3, -0.25) is 0 Å². The Morgan fingerprint density at radius 1 is 1.15 bits per heavy atom. The Kier molecular flexibility index (Phi) is 2.27. The third-order valence-electron chi connectivity index (χ3n) is 4.21. The number of benzene rings is 1. The van der Waals surface area contributed by atoms with Crippen LogP contribution in [0.2, 0.25) is 0 Å². The molecule has 20 heavy (non-hydrogen) atoms. The third kappa shape index (κ3) is 1.45. The number of fused-ring (bicyclic) bond motifs is 5. The van der Waals surface area contributed by atoms with Crippen molar-refractivity contribution in [1.82, 2.24) is 0 Å². The average molecular weight is 260 g/mol. The van der Waals surface area contributed by atoms with Gasteiger partial charge >= 0.3 is 0 Å². The summed E-state index contributed by atoms with van der Waals surface area (Å²) in [6, 6.07) is 8.48. The molecular weight excluding hydrogens is 244 g/mol. The fourth-order valence-electron chi connectivity index (χ4n) is 3.25. The maximum absolute atomic E-state index is 6.27. The lowest BCUT2D eigenvalue weighted by Crippen LogP contribution is -2.24. The summed E-state index contributed by atoms with van der Waals surface area (Å²) in [5.41, 5.74) is 13.4. The normalized spacial score (nSPS) is 22.9. The minimum absolute atomic E-state index is 0.274. The SMILES string of the molecule is CN1C=C2C(=CC(N)=C3C=CC=CC23)c2ccccc21. The van der Waals surface area contributed by atoms with Crippen LogP contribution in [0.5, 0.6) is 0 Å². The zero-order valence-corrected chi connectivity index (χ0v) is 11.4. The molecule has 0 aromatic heterocycles. The highest BCUT2D eigenvalue weighted by atomic mass is 15.1. The van der Waals surface area contributed by atoms with Crippen molar-refractivity contribution in [2.24, 2.45) is 11.7 Å². The van der Waals surface area contributed by atoms with Gasteiger partial charge in [0.25, 0.3) is 0 Å². The average Bonchev–Trinajstić information content (AvgIpc) is 2.49. The molecule has 1 aromatic rings. The number of rotatable bonds is 0. The van der Waals surface area contributed by atoms with E-state index in [0.717, 1.165) is 5.70 Å². The van der Waals surface area contributed by atoms with E-state index in [-0.39, 0.29) is 5.92 Å². The van der Waals surface area contributed by atoms with Crippen molar-refractivity contribution in [2.45, 2.75) is 0 Å². The number of allylic oxidation sites excluding steroid dienone is 8. The Morgan fingerprint density at radius 3 is 2.90 bits per heavy atom. The monoisotopic (exact) mass is 260 g/mol. The van der Waals surface area contributed by atoms with Crippen LogP contribution < -0.4 is 10.6 Å². The number of nitrogens with zero attached hydrogens (tertiary/aromatic N) is 1. The van der Waals surface area contributed by atoms with E-state index in [2.05, 4.69) is 72.8 Å². The molecule has 0 bridgehead atoms. The summed E-state index contributed by atoms with van der Waals surface area (Å²) in [6.07, 6.45) is 12.9. The van der Waals surface area contributed by atoms with Gasteiger partial charge < -0.3 is 10.6 Å². The molecule has 1 aromatic carbocycles. The fourth-order valence-corrected chi connectivity index (χ4v) is 3.25. The number of anilines is 1. The van der Waals surface area contributed by atoms with Crippen molar-refractivity contribution in [3.63, 3.8) is 0 Å². The summed E-state index contributed by atoms with van der Waals surface area (Å²) in [6.45, 7) is 0. The Morgan fingerprint density at radius 2 is 2.00 bits per heavy atom. The van der Waals surface area contributed by atoms with Crippen LogP contribution in [-0.4, -0.2) is 7.05 Å². The van der Waals surface area contributed by atoms with Crippen LogP contribution in [0, 0.1) is 5.92 Å². The van der Waals surface area contributed by atoms with Crippen molar-refractivity contribution in [1.29, 1.82) is 0 Å². The van der Waals surface area contributed by atoms with Crippen molar-refractivity contribution < 1.29 is 0 Å². The van der Waals surface area contributed by atoms with E-state index in [1.165, 1.54) is 28.0 Å². The van der Waals surface area contributed by atoms with E-state index in [9.17, 15) is 0 Å². The van der Waals surface area contributed by atoms with Crippen molar-refractivity contribution in [2.75, 3.05) is 11.9 Å². The summed E-state index contributed by atoms with van der Waals surface area (Å²) in [7, 11) is 2.10. The van der Waals surface area contributed by atoms with E-state index in [1.807, 2.05) is 0 Å². The van der Waals surface area contributed by atoms with Crippen molar-refractivity contribution >= 4 is 11.3 Å². The zero-order valence-electron chi connectivity index (χ0n) is 11.4. The lowest BCUT2D eigenvalue weighted by molar-refractivity contribution is 0.898. The molecule has 4 rings (SSSR count). The third-order valence-corrected chi connectivity index (χ3v) is 4.21. The highest BCUT2D eigenvalue weighted by molar-refractivity contribution is 5.93. The molecule has 0 radical (unpaired) electrons. The molecule has 1 unspecified atom stereocenters. The van der Waals surface area contributed by atoms with Crippen molar-refractivity contribution in [3.05, 3.63) is 83.3 Å². The molecule has 2 heteroatoms. The van der Waals surface area contributed by atoms with Gasteiger partial charge in [-0.05, 0) is 28.9 Å².